The van der Waals surface area contributed by atoms with Gasteiger partial charge < -0.3 is 59.4 Å². The average molecular weight is 651 g/mol. The molecular formula is C23H30N4O18. The Morgan fingerprint density at radius 3 is 1.49 bits per heavy atom. The number of H-pyrrole nitrogens is 2. The van der Waals surface area contributed by atoms with Crippen molar-refractivity contribution in [2.45, 2.75) is 49.1 Å². The van der Waals surface area contributed by atoms with Crippen LogP contribution >= 0.6 is 0 Å². The van der Waals surface area contributed by atoms with Crippen molar-refractivity contribution in [3.05, 3.63) is 54.1 Å². The van der Waals surface area contributed by atoms with Gasteiger partial charge >= 0.3 is 23.3 Å². The molecule has 4 rings (SSSR count). The maximum absolute atomic E-state index is 11.8. The fraction of sp³-hybridized carbons (Fsp3) is 0.565. The SMILES string of the molecule is COC(=O)COc1cn([C@@H]2O[C@H](CO)[C@@H](O)[C@H]2O)c(=O)[nH]c1=O.O=C(O)COc1cn([C@@H]2O[C@H](CO)[C@@H](O)[C@H]2O)c(=O)[nH]c1=O. The minimum absolute atomic E-state index is 0.382. The predicted octanol–water partition coefficient (Wildman–Crippen LogP) is -6.69. The highest BCUT2D eigenvalue weighted by atomic mass is 16.6. The Morgan fingerprint density at radius 1 is 0.756 bits per heavy atom. The van der Waals surface area contributed by atoms with Crippen molar-refractivity contribution >= 4 is 11.9 Å². The van der Waals surface area contributed by atoms with Crippen molar-refractivity contribution in [2.75, 3.05) is 33.5 Å². The summed E-state index contributed by atoms with van der Waals surface area (Å²) in [5, 5.41) is 65.6. The standard InChI is InChI=1S/C12H16N2O9.C11H14N2O9/c1-21-7(16)4-22-5-2-14(12(20)13-10(5)19)11-9(18)8(17)6(3-15)23-11;14-2-5-7(17)8(18)10(22-5)13-1-4(21-3-6(15)16)9(19)12-11(13)20/h2,6,8-9,11,15,17-18H,3-4H2,1H3,(H,13,19,20);1,5,7-8,10,14,17-18H,2-3H2,(H,15,16)(H,12,19,20)/t6-,8-,9-,11-;5-,7-,8-,10-/m11/s1. The molecule has 0 amide bonds. The first-order valence-electron chi connectivity index (χ1n) is 12.7. The molecule has 2 aliphatic heterocycles. The molecule has 2 saturated heterocycles. The second-order valence-corrected chi connectivity index (χ2v) is 9.32. The molecule has 8 atom stereocenters. The van der Waals surface area contributed by atoms with Crippen molar-refractivity contribution in [3.63, 3.8) is 0 Å². The van der Waals surface area contributed by atoms with Gasteiger partial charge in [-0.15, -0.1) is 0 Å². The van der Waals surface area contributed by atoms with Gasteiger partial charge in [-0.1, -0.05) is 0 Å². The van der Waals surface area contributed by atoms with Crippen LogP contribution < -0.4 is 32.0 Å². The summed E-state index contributed by atoms with van der Waals surface area (Å²) in [4.78, 5) is 72.0. The highest BCUT2D eigenvalue weighted by Crippen LogP contribution is 2.29. The number of esters is 1. The minimum atomic E-state index is -1.53. The van der Waals surface area contributed by atoms with E-state index in [2.05, 4.69) is 4.74 Å². The van der Waals surface area contributed by atoms with Gasteiger partial charge in [-0.05, 0) is 0 Å². The average Bonchev–Trinajstić information content (AvgIpc) is 3.45. The van der Waals surface area contributed by atoms with Crippen LogP contribution in [0.3, 0.4) is 0 Å². The zero-order valence-corrected chi connectivity index (χ0v) is 23.1. The number of carboxylic acid groups (broad SMARTS) is 1. The van der Waals surface area contributed by atoms with E-state index in [4.69, 9.17) is 34.3 Å². The van der Waals surface area contributed by atoms with Crippen molar-refractivity contribution < 1.29 is 69.0 Å². The molecule has 250 valence electrons. The van der Waals surface area contributed by atoms with Crippen LogP contribution in [0.15, 0.2) is 31.6 Å². The van der Waals surface area contributed by atoms with Gasteiger partial charge in [0.2, 0.25) is 11.5 Å². The Balaban J connectivity index is 0.000000246. The van der Waals surface area contributed by atoms with Crippen LogP contribution in [0.1, 0.15) is 12.5 Å². The molecule has 4 heterocycles. The van der Waals surface area contributed by atoms with Crippen molar-refractivity contribution in [1.29, 1.82) is 0 Å². The molecule has 9 N–H and O–H groups in total. The van der Waals surface area contributed by atoms with Gasteiger partial charge in [0, 0.05) is 0 Å². The Bertz CT molecular complexity index is 1580. The predicted molar refractivity (Wildman–Crippen MR) is 139 cm³/mol. The molecule has 45 heavy (non-hydrogen) atoms. The number of nitrogens with zero attached hydrogens (tertiary/aromatic N) is 2. The van der Waals surface area contributed by atoms with E-state index in [0.29, 0.717) is 0 Å². The fourth-order valence-corrected chi connectivity index (χ4v) is 4.07. The maximum atomic E-state index is 11.8. The van der Waals surface area contributed by atoms with Gasteiger partial charge in [-0.3, -0.25) is 28.7 Å². The molecule has 0 saturated carbocycles. The summed E-state index contributed by atoms with van der Waals surface area (Å²) < 4.78 is 25.9. The maximum Gasteiger partial charge on any atom is 0.343 e. The second-order valence-electron chi connectivity index (χ2n) is 9.32. The van der Waals surface area contributed by atoms with Crippen LogP contribution in [0.4, 0.5) is 0 Å². The number of aliphatic hydroxyl groups excluding tert-OH is 6. The van der Waals surface area contributed by atoms with Gasteiger partial charge in [-0.25, -0.2) is 19.2 Å². The van der Waals surface area contributed by atoms with Crippen molar-refractivity contribution in [1.82, 2.24) is 19.1 Å². The Hall–Kier alpha value is -4.42. The van der Waals surface area contributed by atoms with Crippen LogP contribution in [-0.4, -0.2) is 137 Å². The molecule has 22 nitrogen and oxygen atoms in total. The summed E-state index contributed by atoms with van der Waals surface area (Å²) in [7, 11) is 1.13. The number of rotatable bonds is 10. The van der Waals surface area contributed by atoms with Crippen LogP contribution in [0.25, 0.3) is 0 Å². The monoisotopic (exact) mass is 650 g/mol. The van der Waals surface area contributed by atoms with Crippen molar-refractivity contribution in [2.24, 2.45) is 0 Å². The first-order valence-corrected chi connectivity index (χ1v) is 12.7. The summed E-state index contributed by atoms with van der Waals surface area (Å²) in [5.41, 5.74) is -3.71. The number of carbonyl (C=O) groups is 2. The number of aromatic nitrogens is 4. The van der Waals surface area contributed by atoms with Gasteiger partial charge in [0.05, 0.1) is 32.7 Å². The lowest BCUT2D eigenvalue weighted by Crippen LogP contribution is -2.38. The third-order valence-corrected chi connectivity index (χ3v) is 6.38. The molecule has 0 aliphatic carbocycles. The third kappa shape index (κ3) is 8.00. The smallest absolute Gasteiger partial charge is 0.343 e. The highest BCUT2D eigenvalue weighted by Gasteiger charge is 2.45. The first kappa shape index (κ1) is 35.1. The molecular weight excluding hydrogens is 620 g/mol. The quantitative estimate of drug-likeness (QED) is 0.108. The molecule has 0 radical (unpaired) electrons. The lowest BCUT2D eigenvalue weighted by molar-refractivity contribution is -0.143. The van der Waals surface area contributed by atoms with E-state index in [0.717, 1.165) is 28.6 Å². The van der Waals surface area contributed by atoms with Crippen LogP contribution in [-0.2, 0) is 23.8 Å². The van der Waals surface area contributed by atoms with Gasteiger partial charge in [0.1, 0.15) is 36.6 Å². The number of aliphatic carboxylic acids is 1. The normalized spacial score (nSPS) is 27.4. The summed E-state index contributed by atoms with van der Waals surface area (Å²) in [6, 6.07) is 0. The number of aromatic amines is 2. The molecule has 0 unspecified atom stereocenters. The Labute approximate surface area is 248 Å². The zero-order valence-electron chi connectivity index (χ0n) is 23.1. The van der Waals surface area contributed by atoms with E-state index in [1.54, 1.807) is 0 Å². The topological polar surface area (TPSA) is 332 Å². The van der Waals surface area contributed by atoms with Gasteiger partial charge in [-0.2, -0.15) is 0 Å². The molecule has 0 spiro atoms. The lowest BCUT2D eigenvalue weighted by atomic mass is 10.1. The summed E-state index contributed by atoms with van der Waals surface area (Å²) in [6.07, 6.45) is -9.00. The van der Waals surface area contributed by atoms with Crippen LogP contribution in [0.2, 0.25) is 0 Å². The van der Waals surface area contributed by atoms with E-state index in [-0.39, 0.29) is 5.75 Å². The Morgan fingerprint density at radius 2 is 1.16 bits per heavy atom. The van der Waals surface area contributed by atoms with E-state index < -0.39 is 116 Å². The van der Waals surface area contributed by atoms with Crippen LogP contribution in [0.5, 0.6) is 11.5 Å². The molecule has 0 aromatic carbocycles. The van der Waals surface area contributed by atoms with E-state index >= 15 is 0 Å². The number of aliphatic hydroxyl groups is 6. The van der Waals surface area contributed by atoms with Gasteiger partial charge in [0.25, 0.3) is 11.1 Å². The number of ether oxygens (including phenoxy) is 5. The van der Waals surface area contributed by atoms with Crippen LogP contribution in [0, 0.1) is 0 Å². The fourth-order valence-electron chi connectivity index (χ4n) is 4.07. The third-order valence-electron chi connectivity index (χ3n) is 6.38. The number of nitrogens with one attached hydrogen (secondary N) is 2. The summed E-state index contributed by atoms with van der Waals surface area (Å²) in [5.74, 6) is -2.92. The number of carboxylic acids is 1. The van der Waals surface area contributed by atoms with Gasteiger partial charge in [0.15, 0.2) is 25.7 Å². The molecule has 0 bridgehead atoms. The zero-order chi connectivity index (χ0) is 33.6. The van der Waals surface area contributed by atoms with Crippen molar-refractivity contribution in [3.8, 4) is 11.5 Å². The lowest BCUT2D eigenvalue weighted by Gasteiger charge is -2.17. The molecule has 22 heteroatoms. The largest absolute Gasteiger partial charge is 0.479 e. The molecule has 2 aliphatic rings. The number of hydrogen-bond acceptors (Lipinski definition) is 17. The first-order chi connectivity index (χ1) is 21.2. The summed E-state index contributed by atoms with van der Waals surface area (Å²) in [6.45, 7) is -2.53. The number of hydrogen-bond donors (Lipinski definition) is 9. The number of carbonyl (C=O) groups excluding carboxylic acids is 1. The summed E-state index contributed by atoms with van der Waals surface area (Å²) >= 11 is 0. The minimum Gasteiger partial charge on any atom is -0.479 e. The molecule has 2 fully saturated rings. The molecule has 2 aromatic heterocycles. The van der Waals surface area contributed by atoms with E-state index in [1.165, 1.54) is 0 Å². The Kier molecular flexibility index (Phi) is 11.7. The van der Waals surface area contributed by atoms with E-state index in [1.807, 2.05) is 9.97 Å². The molecule has 2 aromatic rings. The number of methoxy groups -OCH3 is 1. The highest BCUT2D eigenvalue weighted by molar-refractivity contribution is 5.70. The van der Waals surface area contributed by atoms with E-state index in [9.17, 15) is 49.2 Å². The second kappa shape index (κ2) is 15.0.